The number of aliphatic imine (C=N–C) groups is 1. The third-order valence-electron chi connectivity index (χ3n) is 5.12. The molecule has 10 heteroatoms. The van der Waals surface area contributed by atoms with Crippen molar-refractivity contribution in [3.8, 4) is 6.19 Å². The Labute approximate surface area is 190 Å². The predicted molar refractivity (Wildman–Crippen MR) is 120 cm³/mol. The number of piperazine rings is 1. The number of urea groups is 1. The van der Waals surface area contributed by atoms with Gasteiger partial charge >= 0.3 is 6.03 Å². The van der Waals surface area contributed by atoms with Crippen molar-refractivity contribution in [2.75, 3.05) is 30.3 Å². The van der Waals surface area contributed by atoms with E-state index < -0.39 is 11.6 Å². The largest absolute Gasteiger partial charge is 0.335 e. The highest BCUT2D eigenvalue weighted by atomic mass is 35.5. The molecule has 1 saturated heterocycles. The molecule has 0 saturated carbocycles. The van der Waals surface area contributed by atoms with Gasteiger partial charge in [-0.1, -0.05) is 25.4 Å². The maximum Gasteiger partial charge on any atom is 0.321 e. The standard InChI is InChI=1S/C22H23ClF2N6O/c1-14(2)20-12-30(22(32)29-18-5-3-15(23)4-6-18)7-8-31(20)21(27-13-26)28-19-10-16(24)9-17(25)11-19/h3-6,9-11,14,20H,7-8,12H2,1-2H3,(H,27,28)(H,29,32). The van der Waals surface area contributed by atoms with Gasteiger partial charge in [-0.25, -0.2) is 13.6 Å². The minimum Gasteiger partial charge on any atom is -0.335 e. The molecule has 2 aromatic carbocycles. The third-order valence-corrected chi connectivity index (χ3v) is 5.37. The molecule has 2 N–H and O–H groups in total. The Bertz CT molecular complexity index is 1020. The first-order valence-electron chi connectivity index (χ1n) is 10.0. The van der Waals surface area contributed by atoms with Crippen molar-refractivity contribution in [2.45, 2.75) is 19.9 Å². The summed E-state index contributed by atoms with van der Waals surface area (Å²) >= 11 is 5.89. The van der Waals surface area contributed by atoms with Gasteiger partial charge in [0, 0.05) is 42.1 Å². The molecule has 7 nitrogen and oxygen atoms in total. The highest BCUT2D eigenvalue weighted by Gasteiger charge is 2.33. The number of anilines is 2. The Morgan fingerprint density at radius 2 is 1.78 bits per heavy atom. The van der Waals surface area contributed by atoms with Crippen LogP contribution in [0.1, 0.15) is 13.8 Å². The van der Waals surface area contributed by atoms with Crippen LogP contribution in [-0.4, -0.2) is 47.5 Å². The van der Waals surface area contributed by atoms with Crippen molar-refractivity contribution in [2.24, 2.45) is 10.9 Å². The highest BCUT2D eigenvalue weighted by molar-refractivity contribution is 6.30. The molecule has 1 fully saturated rings. The smallest absolute Gasteiger partial charge is 0.321 e. The Morgan fingerprint density at radius 3 is 2.38 bits per heavy atom. The normalized spacial score (nSPS) is 16.7. The Balaban J connectivity index is 1.75. The molecule has 168 valence electrons. The van der Waals surface area contributed by atoms with Gasteiger partial charge in [-0.15, -0.1) is 4.99 Å². The van der Waals surface area contributed by atoms with E-state index in [0.29, 0.717) is 30.3 Å². The van der Waals surface area contributed by atoms with Gasteiger partial charge < -0.3 is 20.4 Å². The van der Waals surface area contributed by atoms with Crippen LogP contribution >= 0.6 is 11.6 Å². The fourth-order valence-corrected chi connectivity index (χ4v) is 3.66. The van der Waals surface area contributed by atoms with Gasteiger partial charge in [0.05, 0.1) is 6.04 Å². The van der Waals surface area contributed by atoms with E-state index in [9.17, 15) is 13.6 Å². The number of guanidine groups is 1. The van der Waals surface area contributed by atoms with Crippen LogP contribution in [0.25, 0.3) is 0 Å². The van der Waals surface area contributed by atoms with E-state index in [1.54, 1.807) is 35.4 Å². The maximum absolute atomic E-state index is 13.6. The summed E-state index contributed by atoms with van der Waals surface area (Å²) in [5, 5.41) is 15.4. The van der Waals surface area contributed by atoms with Crippen molar-refractivity contribution in [1.82, 2.24) is 9.80 Å². The fraction of sp³-hybridized carbons (Fsp3) is 0.318. The number of nitriles is 1. The number of carbonyl (C=O) groups excluding carboxylic acids is 1. The zero-order valence-electron chi connectivity index (χ0n) is 17.6. The van der Waals surface area contributed by atoms with Gasteiger partial charge in [0.15, 0.2) is 0 Å². The molecule has 32 heavy (non-hydrogen) atoms. The summed E-state index contributed by atoms with van der Waals surface area (Å²) in [5.41, 5.74) is 0.770. The van der Waals surface area contributed by atoms with Gasteiger partial charge in [0.25, 0.3) is 0 Å². The van der Waals surface area contributed by atoms with E-state index >= 15 is 0 Å². The Kier molecular flexibility index (Phi) is 7.49. The number of benzene rings is 2. The lowest BCUT2D eigenvalue weighted by Crippen LogP contribution is -2.60. The van der Waals surface area contributed by atoms with Crippen molar-refractivity contribution in [3.05, 3.63) is 59.1 Å². The number of nitrogens with one attached hydrogen (secondary N) is 2. The van der Waals surface area contributed by atoms with Crippen LogP contribution in [0, 0.1) is 29.0 Å². The van der Waals surface area contributed by atoms with Crippen molar-refractivity contribution < 1.29 is 13.6 Å². The first kappa shape index (κ1) is 23.3. The number of carbonyl (C=O) groups is 1. The molecule has 0 aliphatic carbocycles. The summed E-state index contributed by atoms with van der Waals surface area (Å²) in [6, 6.07) is 9.39. The van der Waals surface area contributed by atoms with Crippen molar-refractivity contribution in [1.29, 1.82) is 5.26 Å². The number of hydrogen-bond donors (Lipinski definition) is 2. The second kappa shape index (κ2) is 10.3. The van der Waals surface area contributed by atoms with Gasteiger partial charge in [-0.3, -0.25) is 0 Å². The lowest BCUT2D eigenvalue weighted by molar-refractivity contribution is 0.120. The van der Waals surface area contributed by atoms with Crippen LogP contribution in [0.15, 0.2) is 47.5 Å². The van der Waals surface area contributed by atoms with E-state index in [-0.39, 0.29) is 29.6 Å². The summed E-state index contributed by atoms with van der Waals surface area (Å²) in [7, 11) is 0. The van der Waals surface area contributed by atoms with Crippen LogP contribution in [-0.2, 0) is 0 Å². The molecular formula is C22H23ClF2N6O. The summed E-state index contributed by atoms with van der Waals surface area (Å²) < 4.78 is 27.2. The van der Waals surface area contributed by atoms with Crippen LogP contribution < -0.4 is 10.6 Å². The molecule has 1 heterocycles. The lowest BCUT2D eigenvalue weighted by Gasteiger charge is -2.44. The molecule has 1 unspecified atom stereocenters. The summed E-state index contributed by atoms with van der Waals surface area (Å²) in [4.78, 5) is 20.1. The van der Waals surface area contributed by atoms with E-state index in [4.69, 9.17) is 16.9 Å². The summed E-state index contributed by atoms with van der Waals surface area (Å²) in [5.74, 6) is -1.22. The van der Waals surface area contributed by atoms with E-state index in [0.717, 1.165) is 18.2 Å². The number of hydrogen-bond acceptors (Lipinski definition) is 3. The SMILES string of the molecule is CC(C)C1CN(C(=O)Nc2ccc(Cl)cc2)CCN1/C(=N/C#N)Nc1cc(F)cc(F)c1. The third kappa shape index (κ3) is 5.86. The average Bonchev–Trinajstić information content (AvgIpc) is 2.74. The van der Waals surface area contributed by atoms with Crippen molar-refractivity contribution >= 4 is 35.0 Å². The Hall–Kier alpha value is -3.38. The second-order valence-corrected chi connectivity index (χ2v) is 8.14. The van der Waals surface area contributed by atoms with Gasteiger partial charge in [-0.05, 0) is 42.3 Å². The minimum atomic E-state index is -0.743. The molecule has 1 aliphatic rings. The molecule has 2 amide bonds. The molecule has 0 radical (unpaired) electrons. The molecule has 1 aliphatic heterocycles. The van der Waals surface area contributed by atoms with E-state index in [1.807, 2.05) is 18.7 Å². The second-order valence-electron chi connectivity index (χ2n) is 7.71. The maximum atomic E-state index is 13.6. The first-order chi connectivity index (χ1) is 15.3. The minimum absolute atomic E-state index is 0.0936. The lowest BCUT2D eigenvalue weighted by atomic mass is 10.00. The molecule has 0 aromatic heterocycles. The number of halogens is 3. The van der Waals surface area contributed by atoms with E-state index in [1.165, 1.54) is 0 Å². The number of nitrogens with zero attached hydrogens (tertiary/aromatic N) is 4. The first-order valence-corrected chi connectivity index (χ1v) is 10.4. The highest BCUT2D eigenvalue weighted by Crippen LogP contribution is 2.21. The quantitative estimate of drug-likeness (QED) is 0.393. The summed E-state index contributed by atoms with van der Waals surface area (Å²) in [6.07, 6.45) is 1.74. The molecule has 0 bridgehead atoms. The fourth-order valence-electron chi connectivity index (χ4n) is 3.53. The van der Waals surface area contributed by atoms with Crippen LogP contribution in [0.4, 0.5) is 25.0 Å². The Morgan fingerprint density at radius 1 is 1.12 bits per heavy atom. The molecule has 0 spiro atoms. The molecule has 1 atom stereocenters. The number of amides is 2. The van der Waals surface area contributed by atoms with Crippen LogP contribution in [0.3, 0.4) is 0 Å². The zero-order chi connectivity index (χ0) is 23.3. The van der Waals surface area contributed by atoms with Crippen LogP contribution in [0.2, 0.25) is 5.02 Å². The topological polar surface area (TPSA) is 83.8 Å². The number of rotatable bonds is 3. The monoisotopic (exact) mass is 460 g/mol. The van der Waals surface area contributed by atoms with Gasteiger partial charge in [-0.2, -0.15) is 5.26 Å². The van der Waals surface area contributed by atoms with Gasteiger partial charge in [0.2, 0.25) is 12.2 Å². The van der Waals surface area contributed by atoms with Gasteiger partial charge in [0.1, 0.15) is 11.6 Å². The van der Waals surface area contributed by atoms with Crippen molar-refractivity contribution in [3.63, 3.8) is 0 Å². The van der Waals surface area contributed by atoms with E-state index in [2.05, 4.69) is 15.6 Å². The molecular weight excluding hydrogens is 438 g/mol. The summed E-state index contributed by atoms with van der Waals surface area (Å²) in [6.45, 7) is 5.10. The predicted octanol–water partition coefficient (Wildman–Crippen LogP) is 4.74. The average molecular weight is 461 g/mol. The zero-order valence-corrected chi connectivity index (χ0v) is 18.4. The van der Waals surface area contributed by atoms with Crippen LogP contribution in [0.5, 0.6) is 0 Å². The molecule has 2 aromatic rings. The molecule has 3 rings (SSSR count).